The van der Waals surface area contributed by atoms with Gasteiger partial charge in [-0.3, -0.25) is 24.3 Å². The summed E-state index contributed by atoms with van der Waals surface area (Å²) < 4.78 is 92.5. The molecule has 7 atom stereocenters. The Kier molecular flexibility index (Phi) is 41.9. The average molecular weight is 2030 g/mol. The molecule has 13 rings (SSSR count). The van der Waals surface area contributed by atoms with Gasteiger partial charge in [-0.2, -0.15) is 0 Å². The van der Waals surface area contributed by atoms with Crippen LogP contribution in [0.1, 0.15) is 233 Å². The Bertz CT molecular complexity index is 4120. The van der Waals surface area contributed by atoms with E-state index in [1.54, 1.807) is 36.4 Å². The first-order chi connectivity index (χ1) is 56.2. The second-order valence-corrected chi connectivity index (χ2v) is 36.1. The number of hydrogen-bond acceptors (Lipinski definition) is 32. The summed E-state index contributed by atoms with van der Waals surface area (Å²) in [5.74, 6) is 6.36. The average Bonchev–Trinajstić information content (AvgIpc) is 1.75. The molecule has 2 aromatic heterocycles. The Labute approximate surface area is 736 Å². The number of nitrogens with one attached hydrogen (secondary N) is 2. The number of aryl methyl sites for hydroxylation is 2. The van der Waals surface area contributed by atoms with Crippen LogP contribution in [0, 0.1) is 25.5 Å². The number of rotatable bonds is 25. The summed E-state index contributed by atoms with van der Waals surface area (Å²) in [7, 11) is 0. The molecule has 120 heavy (non-hydrogen) atoms. The van der Waals surface area contributed by atoms with Crippen LogP contribution in [0.15, 0.2) is 74.6 Å². The maximum atomic E-state index is 13.6. The SMILES string of the molecule is C.CC(=O)[O][Hg][O]C(C)=O.CC1(C)OC[C@@H](CCCO)O1.CC1(C)OC[C@@H](CCCON)O1.CC1(C)OC[C@@H](CCCON)O1.CC1(C)OC[C@@H](CCCON2C(=O)c3ccccc3C2=O)O1.Cc1nc(N)nc2c1C(=S)N[C@@H](c1ccc(F)cc1Br)C2.Cc1nc(N)nc2c1C(NOCCC[C@@H]1COC(C)(C)O1)=N[C@@H](c1ccc(F)cc1Br)C2. The molecule has 5 fully saturated rings. The summed E-state index contributed by atoms with van der Waals surface area (Å²) in [6, 6.07) is 15.5. The van der Waals surface area contributed by atoms with E-state index in [0.717, 1.165) is 108 Å². The van der Waals surface area contributed by atoms with E-state index >= 15 is 0 Å². The van der Waals surface area contributed by atoms with Crippen LogP contribution in [0.3, 0.4) is 0 Å². The minimum Gasteiger partial charge on any atom is -0.396 e. The number of fused-ring (bicyclic) bond motifs is 3. The molecular formula is C81H118Br2F2HgN12O21S. The Hall–Kier alpha value is -6.06. The third-order valence-electron chi connectivity index (χ3n) is 18.6. The van der Waals surface area contributed by atoms with Crippen LogP contribution in [-0.2, 0) is 120 Å². The Morgan fingerprint density at radius 3 is 1.35 bits per heavy atom. The Balaban J connectivity index is 0.000000227. The zero-order chi connectivity index (χ0) is 87.4. The number of aliphatic imine (C=N–C) groups is 1. The number of aromatic nitrogens is 4. The topological polar surface area (TPSA) is 431 Å². The van der Waals surface area contributed by atoms with Gasteiger partial charge in [0.2, 0.25) is 11.9 Å². The number of aliphatic hydroxyl groups is 1. The first kappa shape index (κ1) is 103. The van der Waals surface area contributed by atoms with Gasteiger partial charge in [0.25, 0.3) is 11.8 Å². The van der Waals surface area contributed by atoms with Crippen molar-refractivity contribution in [1.29, 1.82) is 0 Å². The number of nitrogen functional groups attached to an aromatic ring is 2. The van der Waals surface area contributed by atoms with Gasteiger partial charge in [0.15, 0.2) is 34.8 Å². The summed E-state index contributed by atoms with van der Waals surface area (Å²) in [5.41, 5.74) is 21.9. The first-order valence-corrected chi connectivity index (χ1v) is 45.8. The van der Waals surface area contributed by atoms with Crippen molar-refractivity contribution in [2.24, 2.45) is 16.8 Å². The predicted octanol–water partition coefficient (Wildman–Crippen LogP) is 11.9. The van der Waals surface area contributed by atoms with Crippen LogP contribution < -0.4 is 34.1 Å². The molecule has 5 saturated heterocycles. The number of halogens is 4. The number of amidine groups is 1. The number of nitrogens with two attached hydrogens (primary N) is 4. The molecule has 0 saturated carbocycles. The number of amides is 2. The molecule has 8 aliphatic heterocycles. The zero-order valence-corrected chi connectivity index (χ0v) is 79.6. The smallest absolute Gasteiger partial charge is 0.285 e. The summed E-state index contributed by atoms with van der Waals surface area (Å²) in [5, 5.41) is 12.7. The second kappa shape index (κ2) is 49.0. The summed E-state index contributed by atoms with van der Waals surface area (Å²) >= 11 is 10.2. The maximum absolute atomic E-state index is 13.6. The molecule has 3 aromatic carbocycles. The summed E-state index contributed by atoms with van der Waals surface area (Å²) in [6.07, 6.45) is 10.3. The molecule has 10 heterocycles. The van der Waals surface area contributed by atoms with E-state index in [0.29, 0.717) is 103 Å². The van der Waals surface area contributed by atoms with Crippen molar-refractivity contribution < 1.29 is 131 Å². The zero-order valence-electron chi connectivity index (χ0n) is 70.1. The molecule has 8 aliphatic rings. The van der Waals surface area contributed by atoms with Crippen molar-refractivity contribution in [3.8, 4) is 0 Å². The van der Waals surface area contributed by atoms with Crippen LogP contribution in [0.2, 0.25) is 0 Å². The van der Waals surface area contributed by atoms with Crippen molar-refractivity contribution in [3.05, 3.63) is 137 Å². The van der Waals surface area contributed by atoms with Crippen molar-refractivity contribution in [3.63, 3.8) is 0 Å². The molecule has 2 amide bonds. The minimum atomic E-state index is -2.04. The molecule has 39 heteroatoms. The molecule has 0 spiro atoms. The largest absolute Gasteiger partial charge is 0.396 e. The van der Waals surface area contributed by atoms with Gasteiger partial charge in [0.05, 0.1) is 147 Å². The summed E-state index contributed by atoms with van der Waals surface area (Å²) in [6.45, 7) is 30.7. The Morgan fingerprint density at radius 2 is 0.967 bits per heavy atom. The van der Waals surface area contributed by atoms with Crippen LogP contribution in [0.5, 0.6) is 0 Å². The van der Waals surface area contributed by atoms with E-state index in [-0.39, 0.29) is 98.7 Å². The molecule has 0 unspecified atom stereocenters. The van der Waals surface area contributed by atoms with Crippen molar-refractivity contribution in [2.45, 2.75) is 253 Å². The normalized spacial score (nSPS) is 21.9. The number of nitrogens with zero attached hydrogens (tertiary/aromatic N) is 6. The monoisotopic (exact) mass is 2020 g/mol. The van der Waals surface area contributed by atoms with Crippen LogP contribution in [-0.4, -0.2) is 190 Å². The minimum absolute atomic E-state index is 0. The number of benzene rings is 3. The Morgan fingerprint density at radius 1 is 0.583 bits per heavy atom. The van der Waals surface area contributed by atoms with Gasteiger partial charge < -0.3 is 78.9 Å². The van der Waals surface area contributed by atoms with E-state index in [1.807, 2.05) is 83.1 Å². The predicted molar refractivity (Wildman–Crippen MR) is 445 cm³/mol. The van der Waals surface area contributed by atoms with Gasteiger partial charge in [0.1, 0.15) is 16.6 Å². The third-order valence-corrected chi connectivity index (χ3v) is 24.3. The van der Waals surface area contributed by atoms with Crippen LogP contribution in [0.25, 0.3) is 0 Å². The number of imide groups is 1. The fourth-order valence-electron chi connectivity index (χ4n) is 13.2. The first-order valence-electron chi connectivity index (χ1n) is 39.3. The third kappa shape index (κ3) is 34.1. The fraction of sp³-hybridized carbons (Fsp3) is 0.605. The van der Waals surface area contributed by atoms with E-state index in [4.69, 9.17) is 103 Å². The molecule has 33 nitrogen and oxygen atoms in total. The standard InChI is InChI=1S/C22H27BrFN5O3.C16H19NO5.C14H12BrFN4S.2C8H17NO3.C8H16O3.2C2H4O2.CH4.Hg/c1-12-19-18(28-21(25)26-12)10-17(15-7-6-13(24)9-16(15)23)27-20(19)29-31-8-4-5-14-11-30-22(2,3)32-14;1-16(2)20-10-11(22-16)6-5-9-21-17-14(18)12-7-3-4-8-13(12)15(17)19;1-6-12-11(20-14(17)18-6)5-10(19-13(12)21)8-3-2-7(16)4-9(8)15;2*1-8(2)10-6-7(12-8)4-3-5-11-9;1-8(2)10-6-7(11-8)4-3-5-9;2*1-2(3)4;;/h6-7,9,14,17H,4-5,8,10-11H2,1-3H3,(H,27,29)(H2,25,26,28);3-4,7-8,11H,5-6,9-10H2,1-2H3;2-4,10H,5H2,1H3,(H,19,21)(H2,17,18,20);2*7H,3-6,9H2,1-2H3;7,9H,3-6H2,1-2H3;2*1H3,(H,3,4);1H4;/q;;;;;;;;;+2/p-2/t14-,17-;11-;10-;3*7-;;;;/m111111..../s1. The molecular weight excluding hydrogens is 1910 g/mol. The number of anilines is 2. The van der Waals surface area contributed by atoms with Gasteiger partial charge >= 0.3 is 66.2 Å². The number of hydrogen-bond donors (Lipinski definition) is 7. The molecule has 0 bridgehead atoms. The van der Waals surface area contributed by atoms with Crippen molar-refractivity contribution >= 4 is 90.6 Å². The quantitative estimate of drug-likeness (QED) is 0.00938. The fourth-order valence-corrected chi connectivity index (χ4v) is 16.4. The summed E-state index contributed by atoms with van der Waals surface area (Å²) in [4.78, 5) is 86.9. The van der Waals surface area contributed by atoms with Gasteiger partial charge in [0, 0.05) is 28.4 Å². The van der Waals surface area contributed by atoms with Gasteiger partial charge in [-0.15, -0.1) is 5.06 Å². The number of ether oxygens (including phenoxy) is 10. The van der Waals surface area contributed by atoms with Crippen LogP contribution in [0.4, 0.5) is 20.7 Å². The van der Waals surface area contributed by atoms with E-state index in [9.17, 15) is 28.0 Å². The molecule has 664 valence electrons. The van der Waals surface area contributed by atoms with Gasteiger partial charge in [-0.1, -0.05) is 75.8 Å². The number of thiocarbonyl (C=S) groups is 1. The number of carbonyl (C=O) groups excluding carboxylic acids is 4. The molecule has 0 radical (unpaired) electrons. The number of hydroxylamine groups is 3. The second-order valence-electron chi connectivity index (χ2n) is 30.8. The van der Waals surface area contributed by atoms with Crippen LogP contribution >= 0.6 is 44.1 Å². The van der Waals surface area contributed by atoms with Gasteiger partial charge in [-0.25, -0.2) is 46.0 Å². The van der Waals surface area contributed by atoms with E-state index in [1.165, 1.54) is 38.1 Å². The van der Waals surface area contributed by atoms with Crippen molar-refractivity contribution in [1.82, 2.24) is 35.8 Å². The molecule has 5 aromatic rings. The van der Waals surface area contributed by atoms with Crippen molar-refractivity contribution in [2.75, 3.05) is 77.5 Å². The van der Waals surface area contributed by atoms with Gasteiger partial charge in [-0.05, 0) is 195 Å². The molecule has 0 aliphatic carbocycles. The maximum Gasteiger partial charge on any atom is 0.285 e. The number of aliphatic hydroxyl groups excluding tert-OH is 1. The van der Waals surface area contributed by atoms with E-state index < -0.39 is 66.2 Å². The molecule has 11 N–H and O–H groups in total. The number of carbonyl (C=O) groups is 4. The van der Waals surface area contributed by atoms with E-state index in [2.05, 4.69) is 77.6 Å².